The fourth-order valence-corrected chi connectivity index (χ4v) is 2.03. The van der Waals surface area contributed by atoms with Crippen LogP contribution in [0.2, 0.25) is 0 Å². The molecule has 0 radical (unpaired) electrons. The smallest absolute Gasteiger partial charge is 0.192 e. The molecule has 0 aromatic heterocycles. The molecule has 2 rings (SSSR count). The number of benzene rings is 1. The summed E-state index contributed by atoms with van der Waals surface area (Å²) in [5.41, 5.74) is 8.38. The molecular weight excluding hydrogens is 200 g/mol. The molecule has 0 aliphatic carbocycles. The Bertz CT molecular complexity index is 400. The molecule has 0 saturated heterocycles. The van der Waals surface area contributed by atoms with Gasteiger partial charge >= 0.3 is 0 Å². The van der Waals surface area contributed by atoms with E-state index in [0.29, 0.717) is 5.96 Å². The van der Waals surface area contributed by atoms with E-state index in [9.17, 15) is 0 Å². The molecule has 0 amide bonds. The molecule has 3 N–H and O–H groups in total. The summed E-state index contributed by atoms with van der Waals surface area (Å²) in [7, 11) is 3.68. The highest BCUT2D eigenvalue weighted by Crippen LogP contribution is 2.25. The van der Waals surface area contributed by atoms with Crippen molar-refractivity contribution in [2.75, 3.05) is 19.4 Å². The van der Waals surface area contributed by atoms with Gasteiger partial charge in [0.15, 0.2) is 5.96 Å². The number of nitrogens with one attached hydrogen (secondary N) is 1. The predicted octanol–water partition coefficient (Wildman–Crippen LogP) is 1.25. The fraction of sp³-hybridized carbons (Fsp3) is 0.417. The number of rotatable bonds is 1. The molecule has 1 unspecified atom stereocenters. The molecule has 1 aliphatic rings. The minimum Gasteiger partial charge on any atom is -0.370 e. The predicted molar refractivity (Wildman–Crippen MR) is 67.5 cm³/mol. The largest absolute Gasteiger partial charge is 0.370 e. The van der Waals surface area contributed by atoms with E-state index in [2.05, 4.69) is 28.5 Å². The van der Waals surface area contributed by atoms with Crippen LogP contribution in [-0.2, 0) is 6.42 Å². The zero-order valence-corrected chi connectivity index (χ0v) is 9.77. The molecule has 16 heavy (non-hydrogen) atoms. The molecule has 0 fully saturated rings. The van der Waals surface area contributed by atoms with Crippen LogP contribution in [0.3, 0.4) is 0 Å². The first-order chi connectivity index (χ1) is 7.72. The average Bonchev–Trinajstić information content (AvgIpc) is 2.36. The Morgan fingerprint density at radius 2 is 2.25 bits per heavy atom. The van der Waals surface area contributed by atoms with Crippen molar-refractivity contribution in [3.63, 3.8) is 0 Å². The van der Waals surface area contributed by atoms with Crippen molar-refractivity contribution in [1.29, 1.82) is 0 Å². The second-order valence-electron chi connectivity index (χ2n) is 4.05. The van der Waals surface area contributed by atoms with E-state index < -0.39 is 0 Å². The van der Waals surface area contributed by atoms with Gasteiger partial charge in [0.2, 0.25) is 0 Å². The maximum atomic E-state index is 5.80. The topological polar surface area (TPSA) is 53.6 Å². The van der Waals surface area contributed by atoms with Gasteiger partial charge in [-0.1, -0.05) is 18.2 Å². The van der Waals surface area contributed by atoms with Crippen molar-refractivity contribution in [3.8, 4) is 0 Å². The van der Waals surface area contributed by atoms with E-state index in [1.165, 1.54) is 11.3 Å². The summed E-state index contributed by atoms with van der Waals surface area (Å²) in [6, 6.07) is 8.39. The Labute approximate surface area is 96.2 Å². The summed E-state index contributed by atoms with van der Waals surface area (Å²) >= 11 is 0. The van der Waals surface area contributed by atoms with Gasteiger partial charge in [0.1, 0.15) is 6.17 Å². The molecule has 4 nitrogen and oxygen atoms in total. The number of hydrogen-bond acceptors (Lipinski definition) is 2. The van der Waals surface area contributed by atoms with Crippen LogP contribution in [0.15, 0.2) is 29.3 Å². The first-order valence-corrected chi connectivity index (χ1v) is 5.52. The molecule has 1 aromatic carbocycles. The molecule has 1 atom stereocenters. The Kier molecular flexibility index (Phi) is 2.99. The van der Waals surface area contributed by atoms with E-state index in [1.807, 2.05) is 18.0 Å². The molecule has 1 heterocycles. The molecule has 1 aliphatic heterocycles. The molecule has 1 aromatic rings. The third-order valence-corrected chi connectivity index (χ3v) is 3.08. The number of para-hydroxylation sites is 1. The van der Waals surface area contributed by atoms with Crippen molar-refractivity contribution in [3.05, 3.63) is 29.8 Å². The monoisotopic (exact) mass is 218 g/mol. The summed E-state index contributed by atoms with van der Waals surface area (Å²) in [5, 5.41) is 3.48. The number of nitrogens with zero attached hydrogens (tertiary/aromatic N) is 2. The number of aryl methyl sites for hydroxylation is 1. The third kappa shape index (κ3) is 1.96. The van der Waals surface area contributed by atoms with E-state index in [-0.39, 0.29) is 6.17 Å². The highest BCUT2D eigenvalue weighted by atomic mass is 15.3. The quantitative estimate of drug-likeness (QED) is 0.551. The Morgan fingerprint density at radius 1 is 1.50 bits per heavy atom. The van der Waals surface area contributed by atoms with Gasteiger partial charge in [-0.25, -0.2) is 0 Å². The minimum atomic E-state index is 0.235. The normalized spacial score (nSPS) is 19.9. The minimum absolute atomic E-state index is 0.235. The zero-order valence-electron chi connectivity index (χ0n) is 9.77. The van der Waals surface area contributed by atoms with Crippen LogP contribution in [0.25, 0.3) is 0 Å². The van der Waals surface area contributed by atoms with Crippen molar-refractivity contribution < 1.29 is 0 Å². The number of hydrogen-bond donors (Lipinski definition) is 2. The number of anilines is 1. The van der Waals surface area contributed by atoms with E-state index in [4.69, 9.17) is 5.73 Å². The number of nitrogens with two attached hydrogens (primary N) is 1. The molecule has 0 bridgehead atoms. The van der Waals surface area contributed by atoms with E-state index in [1.54, 1.807) is 7.05 Å². The van der Waals surface area contributed by atoms with Gasteiger partial charge in [-0.3, -0.25) is 4.99 Å². The lowest BCUT2D eigenvalue weighted by atomic mass is 10.0. The summed E-state index contributed by atoms with van der Waals surface area (Å²) in [5.74, 6) is 0.567. The van der Waals surface area contributed by atoms with Crippen molar-refractivity contribution >= 4 is 11.6 Å². The molecule has 0 spiro atoms. The Morgan fingerprint density at radius 3 is 3.00 bits per heavy atom. The second kappa shape index (κ2) is 4.43. The van der Waals surface area contributed by atoms with Crippen LogP contribution in [0.1, 0.15) is 12.0 Å². The zero-order chi connectivity index (χ0) is 11.5. The molecular formula is C12H18N4. The van der Waals surface area contributed by atoms with Gasteiger partial charge in [-0.05, 0) is 24.5 Å². The lowest BCUT2D eigenvalue weighted by Crippen LogP contribution is -2.47. The lowest BCUT2D eigenvalue weighted by Gasteiger charge is -2.34. The van der Waals surface area contributed by atoms with Gasteiger partial charge in [0, 0.05) is 19.8 Å². The maximum absolute atomic E-state index is 5.80. The molecule has 0 saturated carbocycles. The fourth-order valence-electron chi connectivity index (χ4n) is 2.03. The van der Waals surface area contributed by atoms with Gasteiger partial charge in [-0.15, -0.1) is 0 Å². The molecule has 4 heteroatoms. The van der Waals surface area contributed by atoms with Crippen molar-refractivity contribution in [2.24, 2.45) is 10.7 Å². The number of aliphatic imine (C=N–C) groups is 1. The summed E-state index contributed by atoms with van der Waals surface area (Å²) in [6.07, 6.45) is 2.36. The summed E-state index contributed by atoms with van der Waals surface area (Å²) in [4.78, 5) is 5.98. The van der Waals surface area contributed by atoms with Gasteiger partial charge in [0.05, 0.1) is 0 Å². The van der Waals surface area contributed by atoms with Crippen LogP contribution < -0.4 is 11.1 Å². The highest BCUT2D eigenvalue weighted by Gasteiger charge is 2.21. The van der Waals surface area contributed by atoms with Crippen molar-refractivity contribution in [1.82, 2.24) is 4.90 Å². The van der Waals surface area contributed by atoms with Crippen LogP contribution >= 0.6 is 0 Å². The van der Waals surface area contributed by atoms with Crippen LogP contribution in [-0.4, -0.2) is 31.1 Å². The highest BCUT2D eigenvalue weighted by molar-refractivity contribution is 5.78. The standard InChI is InChI=1S/C12H18N4/c1-14-12(13)16(2)11-8-7-9-5-3-4-6-10(9)15-11/h3-6,11,15H,7-8H2,1-2H3,(H2,13,14). The lowest BCUT2D eigenvalue weighted by molar-refractivity contribution is 0.368. The van der Waals surface area contributed by atoms with Gasteiger partial charge in [-0.2, -0.15) is 0 Å². The van der Waals surface area contributed by atoms with E-state index >= 15 is 0 Å². The second-order valence-corrected chi connectivity index (χ2v) is 4.05. The first-order valence-electron chi connectivity index (χ1n) is 5.52. The summed E-state index contributed by atoms with van der Waals surface area (Å²) in [6.45, 7) is 0. The number of guanidine groups is 1. The third-order valence-electron chi connectivity index (χ3n) is 3.08. The maximum Gasteiger partial charge on any atom is 0.192 e. The SMILES string of the molecule is CN=C(N)N(C)C1CCc2ccccc2N1. The van der Waals surface area contributed by atoms with Gasteiger partial charge in [0.25, 0.3) is 0 Å². The first kappa shape index (κ1) is 10.8. The van der Waals surface area contributed by atoms with Crippen LogP contribution in [0.5, 0.6) is 0 Å². The van der Waals surface area contributed by atoms with Crippen LogP contribution in [0.4, 0.5) is 5.69 Å². The Balaban J connectivity index is 2.14. The average molecular weight is 218 g/mol. The van der Waals surface area contributed by atoms with Crippen LogP contribution in [0, 0.1) is 0 Å². The molecule has 86 valence electrons. The number of fused-ring (bicyclic) bond motifs is 1. The van der Waals surface area contributed by atoms with E-state index in [0.717, 1.165) is 12.8 Å². The van der Waals surface area contributed by atoms with Crippen molar-refractivity contribution in [2.45, 2.75) is 19.0 Å². The van der Waals surface area contributed by atoms with Gasteiger partial charge < -0.3 is 16.0 Å². The summed E-state index contributed by atoms with van der Waals surface area (Å²) < 4.78 is 0. The Hall–Kier alpha value is -1.71.